The number of anilines is 1. The molecular formula is C11H15ClN4O2. The fourth-order valence-electron chi connectivity index (χ4n) is 1.51. The van der Waals surface area contributed by atoms with Gasteiger partial charge in [-0.25, -0.2) is 4.98 Å². The van der Waals surface area contributed by atoms with Crippen molar-refractivity contribution in [3.05, 3.63) is 22.8 Å². The standard InChI is InChI=1S/C11H15ClN4O2/c1-11(2,5-9(14)17)16-10(18)6-3-7(12)15-8(13)4-6/h3-4H,5H2,1-2H3,(H2,13,15)(H2,14,17)(H,16,18). The molecule has 0 saturated carbocycles. The summed E-state index contributed by atoms with van der Waals surface area (Å²) >= 11 is 5.70. The van der Waals surface area contributed by atoms with Gasteiger partial charge in [0.2, 0.25) is 5.91 Å². The third-order valence-electron chi connectivity index (χ3n) is 2.14. The predicted octanol–water partition coefficient (Wildman–Crippen LogP) is 0.701. The van der Waals surface area contributed by atoms with E-state index in [0.717, 1.165) is 0 Å². The SMILES string of the molecule is CC(C)(CC(N)=O)NC(=O)c1cc(N)nc(Cl)c1. The summed E-state index contributed by atoms with van der Waals surface area (Å²) in [6, 6.07) is 2.80. The van der Waals surface area contributed by atoms with Crippen LogP contribution in [0.1, 0.15) is 30.6 Å². The zero-order chi connectivity index (χ0) is 13.9. The van der Waals surface area contributed by atoms with Gasteiger partial charge in [0.25, 0.3) is 5.91 Å². The first-order valence-corrected chi connectivity index (χ1v) is 5.61. The molecule has 0 atom stereocenters. The first kappa shape index (κ1) is 14.2. The van der Waals surface area contributed by atoms with Crippen molar-refractivity contribution in [1.82, 2.24) is 10.3 Å². The molecule has 7 heteroatoms. The lowest BCUT2D eigenvalue weighted by Crippen LogP contribution is -2.46. The lowest BCUT2D eigenvalue weighted by Gasteiger charge is -2.24. The lowest BCUT2D eigenvalue weighted by atomic mass is 9.99. The van der Waals surface area contributed by atoms with Gasteiger partial charge < -0.3 is 16.8 Å². The Hall–Kier alpha value is -1.82. The molecule has 1 aromatic rings. The summed E-state index contributed by atoms with van der Waals surface area (Å²) in [7, 11) is 0. The van der Waals surface area contributed by atoms with Gasteiger partial charge in [0, 0.05) is 17.5 Å². The third-order valence-corrected chi connectivity index (χ3v) is 2.34. The van der Waals surface area contributed by atoms with E-state index in [-0.39, 0.29) is 23.0 Å². The quantitative estimate of drug-likeness (QED) is 0.699. The molecule has 0 aliphatic carbocycles. The number of primary amides is 1. The number of nitrogens with two attached hydrogens (primary N) is 2. The molecule has 2 amide bonds. The van der Waals surface area contributed by atoms with Crippen molar-refractivity contribution in [3.8, 4) is 0 Å². The van der Waals surface area contributed by atoms with Crippen molar-refractivity contribution in [2.45, 2.75) is 25.8 Å². The highest BCUT2D eigenvalue weighted by molar-refractivity contribution is 6.29. The molecule has 0 saturated heterocycles. The van der Waals surface area contributed by atoms with Gasteiger partial charge in [-0.3, -0.25) is 9.59 Å². The van der Waals surface area contributed by atoms with Crippen LogP contribution in [0.15, 0.2) is 12.1 Å². The van der Waals surface area contributed by atoms with Gasteiger partial charge in [0.1, 0.15) is 11.0 Å². The monoisotopic (exact) mass is 270 g/mol. The van der Waals surface area contributed by atoms with Crippen LogP contribution in [0.2, 0.25) is 5.15 Å². The van der Waals surface area contributed by atoms with Crippen LogP contribution >= 0.6 is 11.6 Å². The van der Waals surface area contributed by atoms with Gasteiger partial charge in [0.05, 0.1) is 0 Å². The Morgan fingerprint density at radius 2 is 2.06 bits per heavy atom. The Bertz CT molecular complexity index is 468. The number of carbonyl (C=O) groups is 2. The van der Waals surface area contributed by atoms with Crippen molar-refractivity contribution in [2.75, 3.05) is 5.73 Å². The van der Waals surface area contributed by atoms with Gasteiger partial charge >= 0.3 is 0 Å². The van der Waals surface area contributed by atoms with E-state index in [9.17, 15) is 9.59 Å². The van der Waals surface area contributed by atoms with E-state index in [4.69, 9.17) is 23.1 Å². The van der Waals surface area contributed by atoms with Crippen LogP contribution in [0.3, 0.4) is 0 Å². The third kappa shape index (κ3) is 4.21. The Morgan fingerprint density at radius 1 is 1.44 bits per heavy atom. The van der Waals surface area contributed by atoms with Crippen LogP contribution in [0.25, 0.3) is 0 Å². The maximum atomic E-state index is 11.9. The molecule has 0 unspecified atom stereocenters. The number of hydrogen-bond donors (Lipinski definition) is 3. The van der Waals surface area contributed by atoms with Gasteiger partial charge in [0.15, 0.2) is 0 Å². The number of nitrogens with one attached hydrogen (secondary N) is 1. The number of nitrogens with zero attached hydrogens (tertiary/aromatic N) is 1. The van der Waals surface area contributed by atoms with Crippen LogP contribution in [0, 0.1) is 0 Å². The van der Waals surface area contributed by atoms with Crippen molar-refractivity contribution in [2.24, 2.45) is 5.73 Å². The number of aromatic nitrogens is 1. The van der Waals surface area contributed by atoms with Crippen LogP contribution in [0.5, 0.6) is 0 Å². The maximum Gasteiger partial charge on any atom is 0.251 e. The zero-order valence-corrected chi connectivity index (χ0v) is 10.9. The highest BCUT2D eigenvalue weighted by Crippen LogP contribution is 2.14. The van der Waals surface area contributed by atoms with E-state index in [2.05, 4.69) is 10.3 Å². The van der Waals surface area contributed by atoms with Crippen molar-refractivity contribution in [1.29, 1.82) is 0 Å². The molecule has 1 rings (SSSR count). The fraction of sp³-hybridized carbons (Fsp3) is 0.364. The number of halogens is 1. The highest BCUT2D eigenvalue weighted by atomic mass is 35.5. The summed E-state index contributed by atoms with van der Waals surface area (Å²) < 4.78 is 0. The zero-order valence-electron chi connectivity index (χ0n) is 10.2. The molecule has 0 bridgehead atoms. The molecule has 1 aromatic heterocycles. The summed E-state index contributed by atoms with van der Waals surface area (Å²) in [5.74, 6) is -0.731. The smallest absolute Gasteiger partial charge is 0.251 e. The summed E-state index contributed by atoms with van der Waals surface area (Å²) in [5, 5.41) is 2.81. The summed E-state index contributed by atoms with van der Waals surface area (Å²) in [5.41, 5.74) is 10.1. The summed E-state index contributed by atoms with van der Waals surface area (Å²) in [4.78, 5) is 26.6. The molecule has 5 N–H and O–H groups in total. The number of rotatable bonds is 4. The largest absolute Gasteiger partial charge is 0.384 e. The molecular weight excluding hydrogens is 256 g/mol. The molecule has 0 aliphatic heterocycles. The molecule has 0 spiro atoms. The van der Waals surface area contributed by atoms with Crippen LogP contribution in [-0.2, 0) is 4.79 Å². The molecule has 98 valence electrons. The predicted molar refractivity (Wildman–Crippen MR) is 69.0 cm³/mol. The van der Waals surface area contributed by atoms with E-state index < -0.39 is 17.4 Å². The number of carbonyl (C=O) groups excluding carboxylic acids is 2. The van der Waals surface area contributed by atoms with Gasteiger partial charge in [-0.15, -0.1) is 0 Å². The van der Waals surface area contributed by atoms with Crippen LogP contribution < -0.4 is 16.8 Å². The van der Waals surface area contributed by atoms with Crippen molar-refractivity contribution < 1.29 is 9.59 Å². The topological polar surface area (TPSA) is 111 Å². The minimum atomic E-state index is -0.743. The second-order valence-electron chi connectivity index (χ2n) is 4.58. The first-order valence-electron chi connectivity index (χ1n) is 5.23. The minimum absolute atomic E-state index is 0.0348. The van der Waals surface area contributed by atoms with Gasteiger partial charge in [-0.1, -0.05) is 11.6 Å². The Morgan fingerprint density at radius 3 is 2.56 bits per heavy atom. The Kier molecular flexibility index (Phi) is 4.13. The molecule has 6 nitrogen and oxygen atoms in total. The molecule has 0 aromatic carbocycles. The van der Waals surface area contributed by atoms with Gasteiger partial charge in [-0.05, 0) is 26.0 Å². The second kappa shape index (κ2) is 5.22. The summed E-state index contributed by atoms with van der Waals surface area (Å²) in [6.07, 6.45) is 0.0348. The van der Waals surface area contributed by atoms with E-state index in [0.29, 0.717) is 0 Å². The second-order valence-corrected chi connectivity index (χ2v) is 4.97. The van der Waals surface area contributed by atoms with Crippen LogP contribution in [-0.4, -0.2) is 22.3 Å². The number of pyridine rings is 1. The summed E-state index contributed by atoms with van der Waals surface area (Å²) in [6.45, 7) is 3.39. The van der Waals surface area contributed by atoms with Gasteiger partial charge in [-0.2, -0.15) is 0 Å². The normalized spacial score (nSPS) is 11.1. The molecule has 1 heterocycles. The number of hydrogen-bond acceptors (Lipinski definition) is 4. The maximum absolute atomic E-state index is 11.9. The van der Waals surface area contributed by atoms with E-state index in [1.807, 2.05) is 0 Å². The van der Waals surface area contributed by atoms with Crippen molar-refractivity contribution in [3.63, 3.8) is 0 Å². The van der Waals surface area contributed by atoms with E-state index >= 15 is 0 Å². The van der Waals surface area contributed by atoms with Crippen molar-refractivity contribution >= 4 is 29.2 Å². The van der Waals surface area contributed by atoms with E-state index in [1.54, 1.807) is 13.8 Å². The molecule has 0 aliphatic rings. The molecule has 0 fully saturated rings. The Balaban J connectivity index is 2.85. The highest BCUT2D eigenvalue weighted by Gasteiger charge is 2.23. The average Bonchev–Trinajstić information content (AvgIpc) is 2.12. The number of amides is 2. The fourth-order valence-corrected chi connectivity index (χ4v) is 1.72. The number of nitrogen functional groups attached to an aromatic ring is 1. The Labute approximate surface area is 110 Å². The lowest BCUT2D eigenvalue weighted by molar-refractivity contribution is -0.119. The molecule has 18 heavy (non-hydrogen) atoms. The molecule has 0 radical (unpaired) electrons. The average molecular weight is 271 g/mol. The first-order chi connectivity index (χ1) is 8.19. The minimum Gasteiger partial charge on any atom is -0.384 e. The van der Waals surface area contributed by atoms with Crippen LogP contribution in [0.4, 0.5) is 5.82 Å². The van der Waals surface area contributed by atoms with E-state index in [1.165, 1.54) is 12.1 Å².